The summed E-state index contributed by atoms with van der Waals surface area (Å²) in [5, 5.41) is 20.5. The Hall–Kier alpha value is -1.18. The summed E-state index contributed by atoms with van der Waals surface area (Å²) in [7, 11) is 0. The normalized spacial score (nSPS) is 41.0. The Morgan fingerprint density at radius 1 is 0.957 bits per heavy atom. The first kappa shape index (κ1) is 15.4. The van der Waals surface area contributed by atoms with Gasteiger partial charge in [-0.15, -0.1) is 0 Å². The minimum atomic E-state index is 0.0613. The molecule has 1 aromatic carbocycles. The van der Waals surface area contributed by atoms with Crippen molar-refractivity contribution in [2.24, 2.45) is 22.7 Å². The lowest BCUT2D eigenvalue weighted by molar-refractivity contribution is -0.0984. The van der Waals surface area contributed by atoms with Crippen LogP contribution in [0.5, 0.6) is 11.5 Å². The highest BCUT2D eigenvalue weighted by atomic mass is 16.3. The third kappa shape index (κ3) is 1.87. The molecule has 0 bridgehead atoms. The molecule has 3 aliphatic rings. The van der Waals surface area contributed by atoms with Crippen molar-refractivity contribution in [2.75, 3.05) is 0 Å². The number of phenols is 2. The smallest absolute Gasteiger partial charge is 0.123 e. The number of benzene rings is 1. The second-order valence-corrected chi connectivity index (χ2v) is 9.61. The molecular weight excluding hydrogens is 284 g/mol. The van der Waals surface area contributed by atoms with Crippen LogP contribution in [0.4, 0.5) is 0 Å². The summed E-state index contributed by atoms with van der Waals surface area (Å²) >= 11 is 0. The van der Waals surface area contributed by atoms with Crippen LogP contribution in [-0.2, 0) is 11.8 Å². The van der Waals surface area contributed by atoms with Crippen molar-refractivity contribution in [1.82, 2.24) is 0 Å². The van der Waals surface area contributed by atoms with Crippen LogP contribution in [0.2, 0.25) is 0 Å². The van der Waals surface area contributed by atoms with Crippen molar-refractivity contribution in [1.29, 1.82) is 0 Å². The Morgan fingerprint density at radius 3 is 2.43 bits per heavy atom. The zero-order chi connectivity index (χ0) is 16.6. The van der Waals surface area contributed by atoms with E-state index in [1.165, 1.54) is 37.3 Å². The molecular formula is C21H30O2. The van der Waals surface area contributed by atoms with Gasteiger partial charge in [-0.1, -0.05) is 34.1 Å². The molecule has 0 heterocycles. The standard InChI is InChI=1S/C21H30O2/c1-19(2)7-5-8-20(3)16(19)6-9-21(4)17(20)11-13-10-14(22)12-15(23)18(13)21/h10,12,16-17,22-23H,5-9,11H2,1-4H3/t16-,17-,20-,21+/m0/s1. The topological polar surface area (TPSA) is 40.5 Å². The van der Waals surface area contributed by atoms with E-state index >= 15 is 0 Å². The van der Waals surface area contributed by atoms with Gasteiger partial charge in [-0.25, -0.2) is 0 Å². The summed E-state index contributed by atoms with van der Waals surface area (Å²) in [6, 6.07) is 3.43. The van der Waals surface area contributed by atoms with Gasteiger partial charge in [-0.2, -0.15) is 0 Å². The van der Waals surface area contributed by atoms with E-state index < -0.39 is 0 Å². The second kappa shape index (κ2) is 4.46. The first-order valence-corrected chi connectivity index (χ1v) is 9.24. The predicted octanol–water partition coefficient (Wildman–Crippen LogP) is 5.15. The van der Waals surface area contributed by atoms with Gasteiger partial charge in [-0.05, 0) is 66.4 Å². The van der Waals surface area contributed by atoms with Gasteiger partial charge in [-0.3, -0.25) is 0 Å². The van der Waals surface area contributed by atoms with E-state index in [4.69, 9.17) is 0 Å². The molecule has 0 spiro atoms. The maximum absolute atomic E-state index is 10.5. The Morgan fingerprint density at radius 2 is 1.70 bits per heavy atom. The van der Waals surface area contributed by atoms with E-state index in [-0.39, 0.29) is 11.2 Å². The molecule has 4 atom stereocenters. The van der Waals surface area contributed by atoms with Gasteiger partial charge >= 0.3 is 0 Å². The molecule has 2 N–H and O–H groups in total. The van der Waals surface area contributed by atoms with Gasteiger partial charge in [0.25, 0.3) is 0 Å². The minimum absolute atomic E-state index is 0.0613. The van der Waals surface area contributed by atoms with Crippen LogP contribution in [0.25, 0.3) is 0 Å². The van der Waals surface area contributed by atoms with Gasteiger partial charge in [0.05, 0.1) is 0 Å². The van der Waals surface area contributed by atoms with Crippen molar-refractivity contribution in [2.45, 2.75) is 71.6 Å². The fraction of sp³-hybridized carbons (Fsp3) is 0.714. The van der Waals surface area contributed by atoms with Crippen LogP contribution in [0, 0.1) is 22.7 Å². The highest BCUT2D eigenvalue weighted by Crippen LogP contribution is 2.68. The Bertz CT molecular complexity index is 662. The number of aromatic hydroxyl groups is 2. The number of fused-ring (bicyclic) bond motifs is 5. The predicted molar refractivity (Wildman–Crippen MR) is 92.8 cm³/mol. The van der Waals surface area contributed by atoms with Gasteiger partial charge in [0.2, 0.25) is 0 Å². The third-order valence-electron chi connectivity index (χ3n) is 7.97. The van der Waals surface area contributed by atoms with Crippen LogP contribution in [0.1, 0.15) is 70.9 Å². The zero-order valence-corrected chi connectivity index (χ0v) is 14.9. The van der Waals surface area contributed by atoms with E-state index in [9.17, 15) is 10.2 Å². The van der Waals surface area contributed by atoms with Gasteiger partial charge in [0.1, 0.15) is 11.5 Å². The second-order valence-electron chi connectivity index (χ2n) is 9.61. The fourth-order valence-electron chi connectivity index (χ4n) is 7.12. The van der Waals surface area contributed by atoms with Crippen LogP contribution in [0.3, 0.4) is 0 Å². The first-order valence-electron chi connectivity index (χ1n) is 9.24. The molecule has 0 radical (unpaired) electrons. The van der Waals surface area contributed by atoms with Gasteiger partial charge in [0, 0.05) is 17.0 Å². The number of hydrogen-bond donors (Lipinski definition) is 2. The molecule has 2 nitrogen and oxygen atoms in total. The fourth-order valence-corrected chi connectivity index (χ4v) is 7.12. The van der Waals surface area contributed by atoms with Crippen molar-refractivity contribution in [3.63, 3.8) is 0 Å². The molecule has 0 aromatic heterocycles. The monoisotopic (exact) mass is 314 g/mol. The summed E-state index contributed by atoms with van der Waals surface area (Å²) in [5.41, 5.74) is 3.14. The Kier molecular flexibility index (Phi) is 2.98. The molecule has 1 aromatic rings. The third-order valence-corrected chi connectivity index (χ3v) is 7.97. The highest BCUT2D eigenvalue weighted by molar-refractivity contribution is 5.54. The minimum Gasteiger partial charge on any atom is -0.508 e. The van der Waals surface area contributed by atoms with Gasteiger partial charge in [0.15, 0.2) is 0 Å². The van der Waals surface area contributed by atoms with Crippen LogP contribution in [0.15, 0.2) is 12.1 Å². The lowest BCUT2D eigenvalue weighted by Gasteiger charge is -2.61. The zero-order valence-electron chi connectivity index (χ0n) is 14.9. The quantitative estimate of drug-likeness (QED) is 0.695. The molecule has 0 saturated heterocycles. The average Bonchev–Trinajstić information content (AvgIpc) is 2.71. The number of hydrogen-bond acceptors (Lipinski definition) is 2. The molecule has 2 heteroatoms. The lowest BCUT2D eigenvalue weighted by Crippen LogP contribution is -2.55. The first-order chi connectivity index (χ1) is 10.7. The van der Waals surface area contributed by atoms with Crippen LogP contribution >= 0.6 is 0 Å². The van der Waals surface area contributed by atoms with E-state index in [2.05, 4.69) is 27.7 Å². The summed E-state index contributed by atoms with van der Waals surface area (Å²) in [6.07, 6.45) is 7.40. The molecule has 0 amide bonds. The van der Waals surface area contributed by atoms with Crippen LogP contribution < -0.4 is 0 Å². The highest BCUT2D eigenvalue weighted by Gasteiger charge is 2.61. The molecule has 3 aliphatic carbocycles. The van der Waals surface area contributed by atoms with Crippen molar-refractivity contribution in [3.8, 4) is 11.5 Å². The number of rotatable bonds is 0. The molecule has 4 rings (SSSR count). The van der Waals surface area contributed by atoms with E-state index in [1.54, 1.807) is 0 Å². The van der Waals surface area contributed by atoms with E-state index in [0.717, 1.165) is 24.3 Å². The maximum atomic E-state index is 10.5. The van der Waals surface area contributed by atoms with E-state index in [0.29, 0.717) is 22.5 Å². The summed E-state index contributed by atoms with van der Waals surface area (Å²) in [4.78, 5) is 0. The average molecular weight is 314 g/mol. The Balaban J connectivity index is 1.84. The van der Waals surface area contributed by atoms with Crippen LogP contribution in [-0.4, -0.2) is 10.2 Å². The molecule has 23 heavy (non-hydrogen) atoms. The van der Waals surface area contributed by atoms with Crippen molar-refractivity contribution in [3.05, 3.63) is 23.3 Å². The van der Waals surface area contributed by atoms with Gasteiger partial charge < -0.3 is 10.2 Å². The summed E-state index contributed by atoms with van der Waals surface area (Å²) < 4.78 is 0. The molecule has 0 aliphatic heterocycles. The SMILES string of the molecule is CC1(C)CCC[C@@]2(C)[C@H]1CC[C@@]1(C)c3c(O)cc(O)cc3C[C@@H]21. The van der Waals surface area contributed by atoms with E-state index in [1.807, 2.05) is 6.07 Å². The molecule has 2 fully saturated rings. The maximum Gasteiger partial charge on any atom is 0.123 e. The lowest BCUT2D eigenvalue weighted by atomic mass is 9.43. The molecule has 0 unspecified atom stereocenters. The number of phenolic OH excluding ortho intramolecular Hbond substituents is 2. The van der Waals surface area contributed by atoms with Crippen molar-refractivity contribution < 1.29 is 10.2 Å². The van der Waals surface area contributed by atoms with Crippen molar-refractivity contribution >= 4 is 0 Å². The molecule has 2 saturated carbocycles. The largest absolute Gasteiger partial charge is 0.508 e. The molecule has 126 valence electrons. The summed E-state index contributed by atoms with van der Waals surface area (Å²) in [5.74, 6) is 1.86. The Labute approximate surface area is 139 Å². The summed E-state index contributed by atoms with van der Waals surface area (Å²) in [6.45, 7) is 9.80.